The van der Waals surface area contributed by atoms with E-state index in [2.05, 4.69) is 42.0 Å². The largest absolute Gasteiger partial charge is 0.312 e. The molecule has 0 heterocycles. The van der Waals surface area contributed by atoms with Crippen LogP contribution in [0.15, 0.2) is 22.7 Å². The molecule has 84 valence electrons. The molecule has 15 heavy (non-hydrogen) atoms. The van der Waals surface area contributed by atoms with Gasteiger partial charge in [-0.05, 0) is 39.0 Å². The standard InChI is InChI=1S/C12H17BrFN/c1-12(2,3)8-15-7-9-4-5-11(14)10(13)6-9/h4-6,15H,7-8H2,1-3H3. The highest BCUT2D eigenvalue weighted by Crippen LogP contribution is 2.17. The molecule has 0 spiro atoms. The summed E-state index contributed by atoms with van der Waals surface area (Å²) < 4.78 is 13.5. The number of hydrogen-bond acceptors (Lipinski definition) is 1. The maximum atomic E-state index is 12.9. The first-order chi connectivity index (χ1) is 6.88. The zero-order chi connectivity index (χ0) is 11.5. The summed E-state index contributed by atoms with van der Waals surface area (Å²) in [7, 11) is 0. The predicted molar refractivity (Wildman–Crippen MR) is 65.3 cm³/mol. The van der Waals surface area contributed by atoms with Crippen molar-refractivity contribution in [2.45, 2.75) is 27.3 Å². The molecule has 0 fully saturated rings. The van der Waals surface area contributed by atoms with Gasteiger partial charge in [-0.1, -0.05) is 26.8 Å². The van der Waals surface area contributed by atoms with Crippen molar-refractivity contribution >= 4 is 15.9 Å². The van der Waals surface area contributed by atoms with E-state index in [1.807, 2.05) is 6.07 Å². The van der Waals surface area contributed by atoms with Crippen LogP contribution in [0.3, 0.4) is 0 Å². The summed E-state index contributed by atoms with van der Waals surface area (Å²) in [5.41, 5.74) is 1.37. The monoisotopic (exact) mass is 273 g/mol. The van der Waals surface area contributed by atoms with Gasteiger partial charge in [0.2, 0.25) is 0 Å². The van der Waals surface area contributed by atoms with Gasteiger partial charge in [0.25, 0.3) is 0 Å². The molecule has 0 aromatic heterocycles. The number of nitrogens with one attached hydrogen (secondary N) is 1. The number of rotatable bonds is 3. The van der Waals surface area contributed by atoms with Gasteiger partial charge in [0.05, 0.1) is 4.47 Å². The summed E-state index contributed by atoms with van der Waals surface area (Å²) in [4.78, 5) is 0. The first-order valence-electron chi connectivity index (χ1n) is 5.03. The molecule has 1 N–H and O–H groups in total. The van der Waals surface area contributed by atoms with Crippen molar-refractivity contribution in [1.29, 1.82) is 0 Å². The highest BCUT2D eigenvalue weighted by molar-refractivity contribution is 9.10. The van der Waals surface area contributed by atoms with Crippen LogP contribution in [0.4, 0.5) is 4.39 Å². The van der Waals surface area contributed by atoms with Gasteiger partial charge in [0.15, 0.2) is 0 Å². The molecule has 0 saturated heterocycles. The van der Waals surface area contributed by atoms with Crippen LogP contribution in [0.2, 0.25) is 0 Å². The van der Waals surface area contributed by atoms with E-state index in [1.54, 1.807) is 6.07 Å². The Hall–Kier alpha value is -0.410. The van der Waals surface area contributed by atoms with E-state index in [-0.39, 0.29) is 11.2 Å². The molecule has 1 aromatic carbocycles. The van der Waals surface area contributed by atoms with Crippen LogP contribution < -0.4 is 5.32 Å². The third kappa shape index (κ3) is 4.76. The molecule has 1 nitrogen and oxygen atoms in total. The van der Waals surface area contributed by atoms with E-state index in [4.69, 9.17) is 0 Å². The molecule has 0 aliphatic carbocycles. The zero-order valence-corrected chi connectivity index (χ0v) is 11.0. The molecule has 0 saturated carbocycles. The summed E-state index contributed by atoms with van der Waals surface area (Å²) in [6, 6.07) is 5.10. The Morgan fingerprint density at radius 1 is 1.33 bits per heavy atom. The molecule has 1 aromatic rings. The fraction of sp³-hybridized carbons (Fsp3) is 0.500. The summed E-state index contributed by atoms with van der Waals surface area (Å²) in [6.45, 7) is 8.26. The second kappa shape index (κ2) is 5.08. The summed E-state index contributed by atoms with van der Waals surface area (Å²) in [6.07, 6.45) is 0. The minimum atomic E-state index is -0.213. The SMILES string of the molecule is CC(C)(C)CNCc1ccc(F)c(Br)c1. The highest BCUT2D eigenvalue weighted by Gasteiger charge is 2.09. The van der Waals surface area contributed by atoms with Crippen molar-refractivity contribution in [3.63, 3.8) is 0 Å². The first-order valence-corrected chi connectivity index (χ1v) is 5.82. The number of halogens is 2. The normalized spacial score (nSPS) is 11.8. The molecule has 0 aliphatic heterocycles. The number of hydrogen-bond donors (Lipinski definition) is 1. The fourth-order valence-corrected chi connectivity index (χ4v) is 1.66. The van der Waals surface area contributed by atoms with Gasteiger partial charge >= 0.3 is 0 Å². The van der Waals surface area contributed by atoms with Gasteiger partial charge in [-0.25, -0.2) is 4.39 Å². The van der Waals surface area contributed by atoms with Crippen LogP contribution in [0.5, 0.6) is 0 Å². The minimum Gasteiger partial charge on any atom is -0.312 e. The number of benzene rings is 1. The van der Waals surface area contributed by atoms with Gasteiger partial charge in [-0.15, -0.1) is 0 Å². The maximum Gasteiger partial charge on any atom is 0.137 e. The lowest BCUT2D eigenvalue weighted by atomic mass is 9.97. The predicted octanol–water partition coefficient (Wildman–Crippen LogP) is 3.72. The second-order valence-electron chi connectivity index (χ2n) is 4.91. The summed E-state index contributed by atoms with van der Waals surface area (Å²) in [5.74, 6) is -0.213. The van der Waals surface area contributed by atoms with Crippen LogP contribution in [-0.4, -0.2) is 6.54 Å². The van der Waals surface area contributed by atoms with E-state index in [0.717, 1.165) is 18.7 Å². The fourth-order valence-electron chi connectivity index (χ4n) is 1.23. The van der Waals surface area contributed by atoms with Crippen molar-refractivity contribution in [1.82, 2.24) is 5.32 Å². The van der Waals surface area contributed by atoms with Crippen molar-refractivity contribution in [3.05, 3.63) is 34.1 Å². The van der Waals surface area contributed by atoms with Gasteiger partial charge in [-0.2, -0.15) is 0 Å². The molecule has 0 unspecified atom stereocenters. The molecule has 0 bridgehead atoms. The molecular formula is C12H17BrFN. The van der Waals surface area contributed by atoms with Crippen LogP contribution in [0.1, 0.15) is 26.3 Å². The van der Waals surface area contributed by atoms with Gasteiger partial charge < -0.3 is 5.32 Å². The van der Waals surface area contributed by atoms with E-state index in [1.165, 1.54) is 6.07 Å². The Morgan fingerprint density at radius 2 is 2.00 bits per heavy atom. The average molecular weight is 274 g/mol. The molecule has 0 radical (unpaired) electrons. The van der Waals surface area contributed by atoms with Crippen LogP contribution >= 0.6 is 15.9 Å². The van der Waals surface area contributed by atoms with Crippen molar-refractivity contribution < 1.29 is 4.39 Å². The van der Waals surface area contributed by atoms with E-state index in [9.17, 15) is 4.39 Å². The summed E-state index contributed by atoms with van der Waals surface area (Å²) in [5, 5.41) is 3.35. The summed E-state index contributed by atoms with van der Waals surface area (Å²) >= 11 is 3.17. The topological polar surface area (TPSA) is 12.0 Å². The van der Waals surface area contributed by atoms with E-state index >= 15 is 0 Å². The Labute approximate surface area is 99.2 Å². The van der Waals surface area contributed by atoms with Crippen molar-refractivity contribution in [2.75, 3.05) is 6.54 Å². The van der Waals surface area contributed by atoms with E-state index < -0.39 is 0 Å². The van der Waals surface area contributed by atoms with Crippen LogP contribution in [0, 0.1) is 11.2 Å². The van der Waals surface area contributed by atoms with Crippen molar-refractivity contribution in [2.24, 2.45) is 5.41 Å². The first kappa shape index (κ1) is 12.7. The van der Waals surface area contributed by atoms with E-state index in [0.29, 0.717) is 4.47 Å². The van der Waals surface area contributed by atoms with Gasteiger partial charge in [0.1, 0.15) is 5.82 Å². The Bertz CT molecular complexity index is 331. The van der Waals surface area contributed by atoms with Gasteiger partial charge in [-0.3, -0.25) is 0 Å². The molecule has 0 amide bonds. The lowest BCUT2D eigenvalue weighted by Gasteiger charge is -2.18. The second-order valence-corrected chi connectivity index (χ2v) is 5.77. The average Bonchev–Trinajstić information content (AvgIpc) is 2.09. The highest BCUT2D eigenvalue weighted by atomic mass is 79.9. The maximum absolute atomic E-state index is 12.9. The molecule has 0 atom stereocenters. The lowest BCUT2D eigenvalue weighted by molar-refractivity contribution is 0.379. The smallest absolute Gasteiger partial charge is 0.137 e. The Balaban J connectivity index is 2.48. The van der Waals surface area contributed by atoms with Crippen LogP contribution in [-0.2, 0) is 6.54 Å². The third-order valence-electron chi connectivity index (χ3n) is 1.97. The Kier molecular flexibility index (Phi) is 4.29. The Morgan fingerprint density at radius 3 is 2.53 bits per heavy atom. The van der Waals surface area contributed by atoms with Gasteiger partial charge in [0, 0.05) is 13.1 Å². The minimum absolute atomic E-state index is 0.213. The van der Waals surface area contributed by atoms with Crippen molar-refractivity contribution in [3.8, 4) is 0 Å². The molecular weight excluding hydrogens is 257 g/mol. The third-order valence-corrected chi connectivity index (χ3v) is 2.58. The molecule has 1 rings (SSSR count). The zero-order valence-electron chi connectivity index (χ0n) is 9.40. The quantitative estimate of drug-likeness (QED) is 0.885. The van der Waals surface area contributed by atoms with Crippen LogP contribution in [0.25, 0.3) is 0 Å². The lowest BCUT2D eigenvalue weighted by Crippen LogP contribution is -2.26. The molecule has 0 aliphatic rings. The molecule has 3 heteroatoms.